The summed E-state index contributed by atoms with van der Waals surface area (Å²) >= 11 is 0. The SMILES string of the molecule is Cc1ccc(NS(=O)(=O)c2ccc(NCc3ccco3)c([N+](=O)[O-])c2)c(C)c1. The van der Waals surface area contributed by atoms with Gasteiger partial charge in [-0.2, -0.15) is 0 Å². The van der Waals surface area contributed by atoms with Crippen molar-refractivity contribution in [2.75, 3.05) is 10.0 Å². The van der Waals surface area contributed by atoms with E-state index in [0.29, 0.717) is 11.4 Å². The largest absolute Gasteiger partial charge is 0.467 e. The highest BCUT2D eigenvalue weighted by molar-refractivity contribution is 7.92. The van der Waals surface area contributed by atoms with E-state index in [0.717, 1.165) is 17.2 Å². The van der Waals surface area contributed by atoms with Crippen LogP contribution in [0.5, 0.6) is 0 Å². The van der Waals surface area contributed by atoms with Crippen molar-refractivity contribution >= 4 is 27.1 Å². The maximum atomic E-state index is 12.7. The van der Waals surface area contributed by atoms with Crippen LogP contribution >= 0.6 is 0 Å². The summed E-state index contributed by atoms with van der Waals surface area (Å²) in [5.41, 5.74) is 2.05. The minimum Gasteiger partial charge on any atom is -0.467 e. The molecular formula is C19H19N3O5S. The van der Waals surface area contributed by atoms with E-state index in [2.05, 4.69) is 10.0 Å². The predicted octanol–water partition coefficient (Wildman–Crippen LogP) is 4.22. The van der Waals surface area contributed by atoms with Crippen LogP contribution in [-0.4, -0.2) is 13.3 Å². The molecule has 8 nitrogen and oxygen atoms in total. The smallest absolute Gasteiger partial charge is 0.293 e. The predicted molar refractivity (Wildman–Crippen MR) is 106 cm³/mol. The molecule has 0 atom stereocenters. The fraction of sp³-hybridized carbons (Fsp3) is 0.158. The molecule has 28 heavy (non-hydrogen) atoms. The first-order chi connectivity index (χ1) is 13.3. The molecule has 0 spiro atoms. The number of aryl methyl sites for hydroxylation is 2. The van der Waals surface area contributed by atoms with Crippen LogP contribution in [0.1, 0.15) is 16.9 Å². The quantitative estimate of drug-likeness (QED) is 0.452. The summed E-state index contributed by atoms with van der Waals surface area (Å²) in [4.78, 5) is 10.6. The van der Waals surface area contributed by atoms with Crippen molar-refractivity contribution < 1.29 is 17.8 Å². The lowest BCUT2D eigenvalue weighted by Gasteiger charge is -2.12. The zero-order valence-electron chi connectivity index (χ0n) is 15.3. The molecule has 9 heteroatoms. The van der Waals surface area contributed by atoms with E-state index in [-0.39, 0.29) is 22.8 Å². The Morgan fingerprint density at radius 2 is 1.82 bits per heavy atom. The number of nitrogens with zero attached hydrogens (tertiary/aromatic N) is 1. The average Bonchev–Trinajstić information content (AvgIpc) is 3.15. The second kappa shape index (κ2) is 7.73. The molecule has 3 rings (SSSR count). The van der Waals surface area contributed by atoms with E-state index in [4.69, 9.17) is 4.42 Å². The van der Waals surface area contributed by atoms with Crippen LogP contribution in [0.15, 0.2) is 64.1 Å². The molecule has 0 saturated carbocycles. The van der Waals surface area contributed by atoms with Crippen LogP contribution < -0.4 is 10.0 Å². The van der Waals surface area contributed by atoms with E-state index in [1.807, 2.05) is 13.0 Å². The molecule has 2 N–H and O–H groups in total. The summed E-state index contributed by atoms with van der Waals surface area (Å²) in [6.07, 6.45) is 1.50. The second-order valence-electron chi connectivity index (χ2n) is 6.29. The van der Waals surface area contributed by atoms with Crippen molar-refractivity contribution in [3.8, 4) is 0 Å². The molecule has 0 aliphatic rings. The number of hydrogen-bond acceptors (Lipinski definition) is 6. The Labute approximate surface area is 162 Å². The minimum atomic E-state index is -3.98. The van der Waals surface area contributed by atoms with Crippen molar-refractivity contribution in [2.45, 2.75) is 25.3 Å². The highest BCUT2D eigenvalue weighted by atomic mass is 32.2. The summed E-state index contributed by atoms with van der Waals surface area (Å²) in [7, 11) is -3.98. The third kappa shape index (κ3) is 4.32. The van der Waals surface area contributed by atoms with Gasteiger partial charge in [0.15, 0.2) is 0 Å². The molecule has 0 unspecified atom stereocenters. The first-order valence-electron chi connectivity index (χ1n) is 8.41. The van der Waals surface area contributed by atoms with Gasteiger partial charge in [-0.3, -0.25) is 14.8 Å². The van der Waals surface area contributed by atoms with E-state index in [9.17, 15) is 18.5 Å². The number of hydrogen-bond donors (Lipinski definition) is 2. The summed E-state index contributed by atoms with van der Waals surface area (Å²) in [6.45, 7) is 3.93. The molecular weight excluding hydrogens is 382 g/mol. The summed E-state index contributed by atoms with van der Waals surface area (Å²) in [5, 5.41) is 14.3. The molecule has 0 amide bonds. The van der Waals surface area contributed by atoms with Crippen LogP contribution in [0.25, 0.3) is 0 Å². The average molecular weight is 401 g/mol. The number of anilines is 2. The topological polar surface area (TPSA) is 114 Å². The molecule has 146 valence electrons. The minimum absolute atomic E-state index is 0.192. The molecule has 0 fully saturated rings. The Hall–Kier alpha value is -3.33. The number of rotatable bonds is 7. The maximum absolute atomic E-state index is 12.7. The van der Waals surface area contributed by atoms with Gasteiger partial charge in [-0.15, -0.1) is 0 Å². The lowest BCUT2D eigenvalue weighted by atomic mass is 10.1. The molecule has 2 aromatic carbocycles. The number of nitro groups is 1. The van der Waals surface area contributed by atoms with Crippen molar-refractivity contribution in [1.82, 2.24) is 0 Å². The second-order valence-corrected chi connectivity index (χ2v) is 7.98. The highest BCUT2D eigenvalue weighted by Gasteiger charge is 2.22. The molecule has 1 heterocycles. The van der Waals surface area contributed by atoms with Crippen LogP contribution in [0.3, 0.4) is 0 Å². The van der Waals surface area contributed by atoms with Gasteiger partial charge in [-0.1, -0.05) is 17.7 Å². The first kappa shape index (κ1) is 19.4. The first-order valence-corrected chi connectivity index (χ1v) is 9.89. The molecule has 0 radical (unpaired) electrons. The Balaban J connectivity index is 1.88. The third-order valence-corrected chi connectivity index (χ3v) is 5.50. The van der Waals surface area contributed by atoms with Gasteiger partial charge in [0.2, 0.25) is 0 Å². The van der Waals surface area contributed by atoms with Gasteiger partial charge >= 0.3 is 0 Å². The number of nitrogens with one attached hydrogen (secondary N) is 2. The van der Waals surface area contributed by atoms with Gasteiger partial charge in [0.1, 0.15) is 11.4 Å². The van der Waals surface area contributed by atoms with Crippen LogP contribution in [-0.2, 0) is 16.6 Å². The fourth-order valence-corrected chi connectivity index (χ4v) is 3.86. The van der Waals surface area contributed by atoms with E-state index in [1.165, 1.54) is 18.4 Å². The Morgan fingerprint density at radius 3 is 2.46 bits per heavy atom. The molecule has 0 saturated heterocycles. The number of nitro benzene ring substituents is 1. The molecule has 0 aliphatic heterocycles. The Morgan fingerprint density at radius 1 is 1.07 bits per heavy atom. The van der Waals surface area contributed by atoms with Gasteiger partial charge in [0, 0.05) is 6.07 Å². The van der Waals surface area contributed by atoms with Gasteiger partial charge in [-0.05, 0) is 49.7 Å². The number of benzene rings is 2. The van der Waals surface area contributed by atoms with Crippen LogP contribution in [0, 0.1) is 24.0 Å². The lowest BCUT2D eigenvalue weighted by Crippen LogP contribution is -2.14. The number of sulfonamides is 1. The number of furan rings is 1. The normalized spacial score (nSPS) is 11.2. The van der Waals surface area contributed by atoms with Gasteiger partial charge < -0.3 is 9.73 Å². The molecule has 0 aliphatic carbocycles. The van der Waals surface area contributed by atoms with E-state index < -0.39 is 14.9 Å². The Bertz CT molecular complexity index is 1110. The van der Waals surface area contributed by atoms with Crippen molar-refractivity contribution in [1.29, 1.82) is 0 Å². The summed E-state index contributed by atoms with van der Waals surface area (Å²) in [6, 6.07) is 12.5. The zero-order chi connectivity index (χ0) is 20.3. The van der Waals surface area contributed by atoms with Gasteiger partial charge in [0.25, 0.3) is 15.7 Å². The third-order valence-electron chi connectivity index (χ3n) is 4.14. The molecule has 3 aromatic rings. The zero-order valence-corrected chi connectivity index (χ0v) is 16.1. The standard InChI is InChI=1S/C19H19N3O5S/c1-13-5-7-17(14(2)10-13)21-28(25,26)16-6-8-18(19(11-16)22(23)24)20-12-15-4-3-9-27-15/h3-11,20-21H,12H2,1-2H3. The highest BCUT2D eigenvalue weighted by Crippen LogP contribution is 2.29. The van der Waals surface area contributed by atoms with Crippen LogP contribution in [0.2, 0.25) is 0 Å². The van der Waals surface area contributed by atoms with Crippen LogP contribution in [0.4, 0.5) is 17.1 Å². The van der Waals surface area contributed by atoms with Gasteiger partial charge in [0.05, 0.1) is 28.3 Å². The summed E-state index contributed by atoms with van der Waals surface area (Å²) in [5.74, 6) is 0.600. The van der Waals surface area contributed by atoms with Gasteiger partial charge in [-0.25, -0.2) is 8.42 Å². The molecule has 0 bridgehead atoms. The monoisotopic (exact) mass is 401 g/mol. The van der Waals surface area contributed by atoms with Crippen molar-refractivity contribution in [2.24, 2.45) is 0 Å². The van der Waals surface area contributed by atoms with E-state index >= 15 is 0 Å². The fourth-order valence-electron chi connectivity index (χ4n) is 2.71. The van der Waals surface area contributed by atoms with Crippen molar-refractivity contribution in [3.63, 3.8) is 0 Å². The van der Waals surface area contributed by atoms with Crippen molar-refractivity contribution in [3.05, 3.63) is 81.8 Å². The Kier molecular flexibility index (Phi) is 5.36. The lowest BCUT2D eigenvalue weighted by molar-refractivity contribution is -0.384. The summed E-state index contributed by atoms with van der Waals surface area (Å²) < 4.78 is 33.1. The molecule has 1 aromatic heterocycles. The van der Waals surface area contributed by atoms with E-state index in [1.54, 1.807) is 31.2 Å². The maximum Gasteiger partial charge on any atom is 0.293 e.